The van der Waals surface area contributed by atoms with Crippen LogP contribution in [0.1, 0.15) is 50.2 Å². The van der Waals surface area contributed by atoms with E-state index in [1.54, 1.807) is 6.92 Å². The summed E-state index contributed by atoms with van der Waals surface area (Å²) in [6.45, 7) is 2.07. The van der Waals surface area contributed by atoms with Crippen LogP contribution >= 0.6 is 11.3 Å². The van der Waals surface area contributed by atoms with E-state index in [1.807, 2.05) is 0 Å². The third-order valence-electron chi connectivity index (χ3n) is 5.61. The van der Waals surface area contributed by atoms with Gasteiger partial charge in [-0.2, -0.15) is 13.2 Å². The fraction of sp³-hybridized carbons (Fsp3) is 0.458. The number of nitrogens with zero attached hydrogens (tertiary/aromatic N) is 1. The summed E-state index contributed by atoms with van der Waals surface area (Å²) < 4.78 is 45.0. The van der Waals surface area contributed by atoms with E-state index in [4.69, 9.17) is 4.74 Å². The highest BCUT2D eigenvalue weighted by molar-refractivity contribution is 7.07. The van der Waals surface area contributed by atoms with Crippen LogP contribution in [0.25, 0.3) is 12.2 Å². The van der Waals surface area contributed by atoms with Crippen molar-refractivity contribution in [3.8, 4) is 0 Å². The maximum atomic E-state index is 13.0. The lowest BCUT2D eigenvalue weighted by molar-refractivity contribution is -0.137. The van der Waals surface area contributed by atoms with Crippen molar-refractivity contribution in [2.24, 2.45) is 5.92 Å². The van der Waals surface area contributed by atoms with Gasteiger partial charge >= 0.3 is 12.1 Å². The van der Waals surface area contributed by atoms with Crippen LogP contribution in [0, 0.1) is 5.92 Å². The van der Waals surface area contributed by atoms with Crippen LogP contribution in [0.15, 0.2) is 29.1 Å². The summed E-state index contributed by atoms with van der Waals surface area (Å²) in [6.07, 6.45) is 3.75. The Kier molecular flexibility index (Phi) is 8.71. The molecule has 2 aromatic rings. The van der Waals surface area contributed by atoms with Crippen molar-refractivity contribution in [1.29, 1.82) is 0 Å². The molecule has 6 nitrogen and oxygen atoms in total. The molecule has 1 aromatic heterocycles. The fourth-order valence-electron chi connectivity index (χ4n) is 3.85. The molecule has 10 heteroatoms. The Labute approximate surface area is 198 Å². The molecule has 0 saturated heterocycles. The van der Waals surface area contributed by atoms with E-state index in [9.17, 15) is 27.6 Å². The molecule has 1 aromatic carbocycles. The molecule has 0 radical (unpaired) electrons. The van der Waals surface area contributed by atoms with Crippen LogP contribution in [0.4, 0.5) is 13.2 Å². The van der Waals surface area contributed by atoms with E-state index in [1.165, 1.54) is 29.2 Å². The van der Waals surface area contributed by atoms with Crippen LogP contribution in [0.2, 0.25) is 0 Å². The van der Waals surface area contributed by atoms with Crippen molar-refractivity contribution in [1.82, 2.24) is 9.88 Å². The maximum absolute atomic E-state index is 13.0. The van der Waals surface area contributed by atoms with Crippen molar-refractivity contribution in [2.75, 3.05) is 13.2 Å². The zero-order chi connectivity index (χ0) is 24.7. The summed E-state index contributed by atoms with van der Waals surface area (Å²) in [4.78, 5) is 37.6. The second kappa shape index (κ2) is 11.5. The first kappa shape index (κ1) is 25.7. The van der Waals surface area contributed by atoms with Gasteiger partial charge in [0.05, 0.1) is 22.8 Å². The lowest BCUT2D eigenvalue weighted by Crippen LogP contribution is -2.39. The molecule has 0 unspecified atom stereocenters. The van der Waals surface area contributed by atoms with Gasteiger partial charge in [0.1, 0.15) is 11.2 Å². The standard InChI is InChI=1S/C24H27F3N2O4S/c1-2-33-22(31)13-21-29(15-20(30)28-14-17-6-4-3-5-7-17)23(32)19(34-21)12-16-8-10-18(11-9-16)24(25,26)27/h8-13,17H,2-7,14-15H2,1H3,(H,28,30)/b19-12+,21-13-. The van der Waals surface area contributed by atoms with Gasteiger partial charge in [-0.25, -0.2) is 4.79 Å². The van der Waals surface area contributed by atoms with E-state index in [0.717, 1.165) is 55.2 Å². The topological polar surface area (TPSA) is 77.4 Å². The molecule has 184 valence electrons. The molecule has 1 N–H and O–H groups in total. The molecular weight excluding hydrogens is 469 g/mol. The Balaban J connectivity index is 1.88. The van der Waals surface area contributed by atoms with Gasteiger partial charge in [0.15, 0.2) is 0 Å². The number of nitrogens with one attached hydrogen (secondary N) is 1. The Hall–Kier alpha value is -2.88. The minimum atomic E-state index is -4.46. The minimum absolute atomic E-state index is 0.150. The molecule has 1 fully saturated rings. The van der Waals surface area contributed by atoms with Crippen LogP contribution in [0.5, 0.6) is 0 Å². The molecule has 1 saturated carbocycles. The van der Waals surface area contributed by atoms with Crippen molar-refractivity contribution in [3.05, 3.63) is 54.9 Å². The highest BCUT2D eigenvalue weighted by Gasteiger charge is 2.29. The van der Waals surface area contributed by atoms with Gasteiger partial charge in [-0.3, -0.25) is 14.2 Å². The first-order valence-corrected chi connectivity index (χ1v) is 12.0. The monoisotopic (exact) mass is 496 g/mol. The molecule has 0 aliphatic heterocycles. The van der Waals surface area contributed by atoms with E-state index < -0.39 is 23.3 Å². The van der Waals surface area contributed by atoms with Crippen molar-refractivity contribution in [3.63, 3.8) is 0 Å². The number of hydrogen-bond donors (Lipinski definition) is 1. The normalized spacial score (nSPS) is 16.0. The number of rotatable bonds is 7. The second-order valence-electron chi connectivity index (χ2n) is 8.16. The number of esters is 1. The third kappa shape index (κ3) is 7.06. The molecule has 1 amide bonds. The van der Waals surface area contributed by atoms with Gasteiger partial charge < -0.3 is 10.1 Å². The number of aromatic nitrogens is 1. The van der Waals surface area contributed by atoms with E-state index >= 15 is 0 Å². The van der Waals surface area contributed by atoms with E-state index in [2.05, 4.69) is 5.32 Å². The van der Waals surface area contributed by atoms with Gasteiger partial charge in [-0.1, -0.05) is 31.4 Å². The number of halogens is 3. The largest absolute Gasteiger partial charge is 0.463 e. The maximum Gasteiger partial charge on any atom is 0.416 e. The van der Waals surface area contributed by atoms with Gasteiger partial charge in [-0.15, -0.1) is 11.3 Å². The summed E-state index contributed by atoms with van der Waals surface area (Å²) in [5.41, 5.74) is -0.907. The summed E-state index contributed by atoms with van der Waals surface area (Å²) >= 11 is 0.969. The van der Waals surface area contributed by atoms with E-state index in [0.29, 0.717) is 18.0 Å². The van der Waals surface area contributed by atoms with Gasteiger partial charge in [0, 0.05) is 6.54 Å². The third-order valence-corrected chi connectivity index (χ3v) is 6.67. The fourth-order valence-corrected chi connectivity index (χ4v) is 4.88. The van der Waals surface area contributed by atoms with Gasteiger partial charge in [-0.05, 0) is 49.5 Å². The number of thiazole rings is 1. The Morgan fingerprint density at radius 2 is 1.85 bits per heavy atom. The number of alkyl halides is 3. The van der Waals surface area contributed by atoms with Crippen LogP contribution in [0.3, 0.4) is 0 Å². The zero-order valence-corrected chi connectivity index (χ0v) is 19.6. The molecule has 1 heterocycles. The number of benzene rings is 1. The summed E-state index contributed by atoms with van der Waals surface area (Å²) in [5.74, 6) is -0.572. The van der Waals surface area contributed by atoms with Gasteiger partial charge in [0.25, 0.3) is 5.56 Å². The van der Waals surface area contributed by atoms with Crippen molar-refractivity contribution < 1.29 is 27.5 Å². The molecule has 1 aliphatic carbocycles. The Morgan fingerprint density at radius 3 is 2.47 bits per heavy atom. The van der Waals surface area contributed by atoms with Crippen LogP contribution in [-0.2, 0) is 27.0 Å². The molecule has 34 heavy (non-hydrogen) atoms. The molecule has 0 spiro atoms. The zero-order valence-electron chi connectivity index (χ0n) is 18.8. The second-order valence-corrected chi connectivity index (χ2v) is 9.23. The van der Waals surface area contributed by atoms with Crippen LogP contribution in [-0.4, -0.2) is 29.6 Å². The number of carbonyl (C=O) groups excluding carboxylic acids is 2. The van der Waals surface area contributed by atoms with Crippen molar-refractivity contribution in [2.45, 2.75) is 51.7 Å². The van der Waals surface area contributed by atoms with Crippen molar-refractivity contribution >= 4 is 35.4 Å². The molecule has 0 atom stereocenters. The Morgan fingerprint density at radius 1 is 1.18 bits per heavy atom. The molecule has 0 bridgehead atoms. The average molecular weight is 497 g/mol. The lowest BCUT2D eigenvalue weighted by Gasteiger charge is -2.21. The predicted molar refractivity (Wildman–Crippen MR) is 124 cm³/mol. The van der Waals surface area contributed by atoms with Crippen LogP contribution < -0.4 is 20.1 Å². The van der Waals surface area contributed by atoms with Gasteiger partial charge in [0.2, 0.25) is 5.91 Å². The number of amides is 1. The smallest absolute Gasteiger partial charge is 0.416 e. The summed E-state index contributed by atoms with van der Waals surface area (Å²) in [7, 11) is 0. The molecule has 1 aliphatic rings. The average Bonchev–Trinajstić information content (AvgIpc) is 3.07. The highest BCUT2D eigenvalue weighted by atomic mass is 32.1. The summed E-state index contributed by atoms with van der Waals surface area (Å²) in [5, 5.41) is 2.87. The quantitative estimate of drug-likeness (QED) is 0.598. The Bertz CT molecular complexity index is 1180. The SMILES string of the molecule is CCOC(=O)/C=c1\s/c(=C/c2ccc(C(F)(F)F)cc2)c(=O)n1CC(=O)NCC1CCCCC1. The summed E-state index contributed by atoms with van der Waals surface area (Å²) in [6, 6.07) is 4.39. The first-order valence-electron chi connectivity index (χ1n) is 11.2. The molecule has 3 rings (SSSR count). The minimum Gasteiger partial charge on any atom is -0.463 e. The number of carbonyl (C=O) groups is 2. The predicted octanol–water partition coefficient (Wildman–Crippen LogP) is 2.80. The van der Waals surface area contributed by atoms with E-state index in [-0.39, 0.29) is 28.3 Å². The first-order chi connectivity index (χ1) is 16.2. The number of hydrogen-bond acceptors (Lipinski definition) is 5. The highest BCUT2D eigenvalue weighted by Crippen LogP contribution is 2.29. The molecular formula is C24H27F3N2O4S. The lowest BCUT2D eigenvalue weighted by atomic mass is 9.89. The number of ether oxygens (including phenoxy) is 1.